The molecule has 23 heavy (non-hydrogen) atoms. The first kappa shape index (κ1) is 16.4. The summed E-state index contributed by atoms with van der Waals surface area (Å²) in [4.78, 5) is 10.7. The Morgan fingerprint density at radius 3 is 2.39 bits per heavy atom. The number of carbonyl (C=O) groups excluding carboxylic acids is 1. The molecule has 6 nitrogen and oxygen atoms in total. The van der Waals surface area contributed by atoms with Crippen LogP contribution < -0.4 is 21.8 Å². The molecule has 2 aromatic carbocycles. The summed E-state index contributed by atoms with van der Waals surface area (Å²) < 4.78 is 0. The number of rotatable bonds is 4. The smallest absolute Gasteiger partial charge is 0.332 e. The quantitative estimate of drug-likeness (QED) is 0.395. The second-order valence-corrected chi connectivity index (χ2v) is 5.11. The number of hydrogen-bond acceptors (Lipinski definition) is 3. The van der Waals surface area contributed by atoms with Gasteiger partial charge in [0.2, 0.25) is 0 Å². The Balaban J connectivity index is 2.03. The van der Waals surface area contributed by atoms with E-state index in [4.69, 9.17) is 18.0 Å². The van der Waals surface area contributed by atoms with Crippen molar-refractivity contribution in [3.8, 4) is 0 Å². The molecule has 0 unspecified atom stereocenters. The molecule has 0 bridgehead atoms. The normalized spacial score (nSPS) is 10.7. The number of nitrogens with zero attached hydrogens (tertiary/aromatic N) is 1. The molecular formula is C16H17N5OS. The van der Waals surface area contributed by atoms with Crippen LogP contribution in [-0.2, 0) is 0 Å². The Morgan fingerprint density at radius 2 is 1.70 bits per heavy atom. The van der Waals surface area contributed by atoms with Crippen LogP contribution >= 0.6 is 12.2 Å². The third-order valence-electron chi connectivity index (χ3n) is 2.90. The fourth-order valence-corrected chi connectivity index (χ4v) is 2.08. The van der Waals surface area contributed by atoms with Crippen molar-refractivity contribution >= 4 is 40.4 Å². The van der Waals surface area contributed by atoms with Crippen molar-refractivity contribution in [1.29, 1.82) is 0 Å². The topological polar surface area (TPSA) is 91.5 Å². The lowest BCUT2D eigenvalue weighted by Crippen LogP contribution is -2.25. The van der Waals surface area contributed by atoms with Gasteiger partial charge in [0.1, 0.15) is 0 Å². The lowest BCUT2D eigenvalue weighted by atomic mass is 10.1. The zero-order chi connectivity index (χ0) is 16.7. The number of amides is 2. The van der Waals surface area contributed by atoms with Gasteiger partial charge < -0.3 is 16.4 Å². The van der Waals surface area contributed by atoms with Gasteiger partial charge in [-0.15, -0.1) is 0 Å². The molecule has 5 N–H and O–H groups in total. The number of hydrogen-bond donors (Lipinski definition) is 4. The average molecular weight is 327 g/mol. The van der Waals surface area contributed by atoms with Gasteiger partial charge in [-0.05, 0) is 49.0 Å². The van der Waals surface area contributed by atoms with E-state index in [1.165, 1.54) is 0 Å². The number of para-hydroxylation sites is 1. The second-order valence-electron chi connectivity index (χ2n) is 4.70. The summed E-state index contributed by atoms with van der Waals surface area (Å²) in [5, 5.41) is 10.6. The standard InChI is InChI=1S/C16H17N5OS/c1-11(20-21-15(17)22)12-6-5-9-14(10-12)19-16(23)18-13-7-3-2-4-8-13/h2-10H,1H3,(H3,17,21,22)(H2,18,19,23)/b20-11+. The van der Waals surface area contributed by atoms with Crippen LogP contribution in [-0.4, -0.2) is 16.9 Å². The summed E-state index contributed by atoms with van der Waals surface area (Å²) in [5.41, 5.74) is 10.4. The van der Waals surface area contributed by atoms with Crippen molar-refractivity contribution in [2.24, 2.45) is 10.8 Å². The van der Waals surface area contributed by atoms with E-state index in [0.29, 0.717) is 10.8 Å². The van der Waals surface area contributed by atoms with Crippen LogP contribution in [0.5, 0.6) is 0 Å². The molecule has 0 aromatic heterocycles. The first-order valence-electron chi connectivity index (χ1n) is 6.88. The van der Waals surface area contributed by atoms with Crippen LogP contribution in [0.2, 0.25) is 0 Å². The zero-order valence-corrected chi connectivity index (χ0v) is 13.4. The molecule has 7 heteroatoms. The number of thiocarbonyl (C=S) groups is 1. The fraction of sp³-hybridized carbons (Fsp3) is 0.0625. The summed E-state index contributed by atoms with van der Waals surface area (Å²) in [7, 11) is 0. The molecule has 0 saturated heterocycles. The molecule has 0 spiro atoms. The molecule has 118 valence electrons. The number of carbonyl (C=O) groups is 1. The SMILES string of the molecule is C/C(=N\NC(N)=O)c1cccc(NC(=S)Nc2ccccc2)c1. The van der Waals surface area contributed by atoms with Crippen LogP contribution in [0.25, 0.3) is 0 Å². The monoisotopic (exact) mass is 327 g/mol. The predicted molar refractivity (Wildman–Crippen MR) is 97.7 cm³/mol. The van der Waals surface area contributed by atoms with Gasteiger partial charge in [0.15, 0.2) is 5.11 Å². The largest absolute Gasteiger partial charge is 0.350 e. The molecule has 0 radical (unpaired) electrons. The molecule has 0 aliphatic heterocycles. The highest BCUT2D eigenvalue weighted by Gasteiger charge is 2.02. The minimum atomic E-state index is -0.702. The molecule has 0 atom stereocenters. The number of hydrazone groups is 1. The maximum absolute atomic E-state index is 10.7. The van der Waals surface area contributed by atoms with Crippen molar-refractivity contribution in [3.05, 3.63) is 60.2 Å². The minimum absolute atomic E-state index is 0.484. The molecule has 2 rings (SSSR count). The van der Waals surface area contributed by atoms with Crippen LogP contribution in [0, 0.1) is 0 Å². The Morgan fingerprint density at radius 1 is 1.04 bits per heavy atom. The summed E-state index contributed by atoms with van der Waals surface area (Å²) in [6, 6.07) is 16.5. The van der Waals surface area contributed by atoms with E-state index in [1.807, 2.05) is 54.6 Å². The van der Waals surface area contributed by atoms with E-state index < -0.39 is 6.03 Å². The van der Waals surface area contributed by atoms with Crippen molar-refractivity contribution in [3.63, 3.8) is 0 Å². The molecule has 0 saturated carbocycles. The average Bonchev–Trinajstić information content (AvgIpc) is 2.53. The first-order valence-corrected chi connectivity index (χ1v) is 7.28. The molecule has 0 heterocycles. The summed E-state index contributed by atoms with van der Waals surface area (Å²) >= 11 is 5.29. The van der Waals surface area contributed by atoms with Crippen LogP contribution in [0.3, 0.4) is 0 Å². The Bertz CT molecular complexity index is 730. The van der Waals surface area contributed by atoms with Crippen molar-refractivity contribution < 1.29 is 4.79 Å². The van der Waals surface area contributed by atoms with Gasteiger partial charge >= 0.3 is 6.03 Å². The Hall–Kier alpha value is -2.93. The van der Waals surface area contributed by atoms with Gasteiger partial charge in [0, 0.05) is 11.4 Å². The molecule has 0 aliphatic carbocycles. The maximum Gasteiger partial charge on any atom is 0.332 e. The van der Waals surface area contributed by atoms with E-state index in [1.54, 1.807) is 6.92 Å². The summed E-state index contributed by atoms with van der Waals surface area (Å²) in [6.07, 6.45) is 0. The van der Waals surface area contributed by atoms with Crippen molar-refractivity contribution in [1.82, 2.24) is 5.43 Å². The van der Waals surface area contributed by atoms with Gasteiger partial charge in [-0.2, -0.15) is 5.10 Å². The second kappa shape index (κ2) is 7.90. The highest BCUT2D eigenvalue weighted by Crippen LogP contribution is 2.13. The van der Waals surface area contributed by atoms with Crippen molar-refractivity contribution in [2.45, 2.75) is 6.92 Å². The van der Waals surface area contributed by atoms with E-state index in [-0.39, 0.29) is 0 Å². The molecule has 2 aromatic rings. The molecule has 0 aliphatic rings. The number of anilines is 2. The summed E-state index contributed by atoms with van der Waals surface area (Å²) in [5.74, 6) is 0. The lowest BCUT2D eigenvalue weighted by Gasteiger charge is -2.11. The number of benzene rings is 2. The third kappa shape index (κ3) is 5.40. The molecule has 2 amide bonds. The van der Waals surface area contributed by atoms with Gasteiger partial charge in [0.25, 0.3) is 0 Å². The van der Waals surface area contributed by atoms with Crippen molar-refractivity contribution in [2.75, 3.05) is 10.6 Å². The van der Waals surface area contributed by atoms with E-state index in [2.05, 4.69) is 21.2 Å². The van der Waals surface area contributed by atoms with Gasteiger partial charge in [-0.3, -0.25) is 0 Å². The van der Waals surface area contributed by atoms with E-state index in [0.717, 1.165) is 16.9 Å². The number of primary amides is 1. The van der Waals surface area contributed by atoms with Crippen LogP contribution in [0.4, 0.5) is 16.2 Å². The first-order chi connectivity index (χ1) is 11.0. The minimum Gasteiger partial charge on any atom is -0.350 e. The van der Waals surface area contributed by atoms with E-state index >= 15 is 0 Å². The highest BCUT2D eigenvalue weighted by atomic mass is 32.1. The van der Waals surface area contributed by atoms with E-state index in [9.17, 15) is 4.79 Å². The summed E-state index contributed by atoms with van der Waals surface area (Å²) in [6.45, 7) is 1.77. The number of nitrogens with one attached hydrogen (secondary N) is 3. The number of nitrogens with two attached hydrogens (primary N) is 1. The third-order valence-corrected chi connectivity index (χ3v) is 3.11. The number of urea groups is 1. The Labute approximate surface area is 139 Å². The molecule has 0 fully saturated rings. The lowest BCUT2D eigenvalue weighted by molar-refractivity contribution is 0.249. The van der Waals surface area contributed by atoms with Crippen LogP contribution in [0.1, 0.15) is 12.5 Å². The van der Waals surface area contributed by atoms with Gasteiger partial charge in [-0.1, -0.05) is 30.3 Å². The zero-order valence-electron chi connectivity index (χ0n) is 12.5. The fourth-order valence-electron chi connectivity index (χ4n) is 1.84. The molecular weight excluding hydrogens is 310 g/mol. The maximum atomic E-state index is 10.7. The predicted octanol–water partition coefficient (Wildman–Crippen LogP) is 2.89. The highest BCUT2D eigenvalue weighted by molar-refractivity contribution is 7.80. The van der Waals surface area contributed by atoms with Gasteiger partial charge in [0.05, 0.1) is 5.71 Å². The van der Waals surface area contributed by atoms with Crippen LogP contribution in [0.15, 0.2) is 59.7 Å². The van der Waals surface area contributed by atoms with Gasteiger partial charge in [-0.25, -0.2) is 10.2 Å². The Kier molecular flexibility index (Phi) is 5.65.